The van der Waals surface area contributed by atoms with Crippen LogP contribution in [0.4, 0.5) is 10.5 Å². The fourth-order valence-corrected chi connectivity index (χ4v) is 2.91. The van der Waals surface area contributed by atoms with Crippen molar-refractivity contribution >= 4 is 17.7 Å². The van der Waals surface area contributed by atoms with Crippen LogP contribution in [0.1, 0.15) is 65.5 Å². The van der Waals surface area contributed by atoms with Gasteiger partial charge in [0.15, 0.2) is 5.96 Å². The normalized spacial score (nSPS) is 15.2. The zero-order valence-corrected chi connectivity index (χ0v) is 18.6. The molecule has 0 atom stereocenters. The summed E-state index contributed by atoms with van der Waals surface area (Å²) in [6.07, 6.45) is 1.78. The summed E-state index contributed by atoms with van der Waals surface area (Å²) in [5.41, 5.74) is 2.57. The molecule has 156 valence electrons. The minimum atomic E-state index is -0.502. The van der Waals surface area contributed by atoms with Gasteiger partial charge in [-0.25, -0.2) is 4.79 Å². The monoisotopic (exact) mass is 388 g/mol. The van der Waals surface area contributed by atoms with Crippen molar-refractivity contribution in [1.29, 1.82) is 0 Å². The molecule has 1 aliphatic rings. The average Bonchev–Trinajstić information content (AvgIpc) is 3.35. The van der Waals surface area contributed by atoms with Crippen LogP contribution in [0, 0.1) is 6.92 Å². The van der Waals surface area contributed by atoms with E-state index >= 15 is 0 Å². The van der Waals surface area contributed by atoms with Crippen LogP contribution in [-0.2, 0) is 11.3 Å². The smallest absolute Gasteiger partial charge is 0.415 e. The topological polar surface area (TPSA) is 66.0 Å². The van der Waals surface area contributed by atoms with Gasteiger partial charge in [-0.1, -0.05) is 12.1 Å². The number of aliphatic imine (C=N–C) groups is 1. The second kappa shape index (κ2) is 8.41. The number of nitrogens with zero attached hydrogens (tertiary/aromatic N) is 2. The van der Waals surface area contributed by atoms with Crippen molar-refractivity contribution < 1.29 is 9.53 Å². The molecule has 0 aliphatic heterocycles. The van der Waals surface area contributed by atoms with Crippen molar-refractivity contribution in [2.75, 3.05) is 11.9 Å². The summed E-state index contributed by atoms with van der Waals surface area (Å²) >= 11 is 0. The van der Waals surface area contributed by atoms with E-state index in [2.05, 4.69) is 48.5 Å². The van der Waals surface area contributed by atoms with Crippen molar-refractivity contribution in [1.82, 2.24) is 10.6 Å². The molecular weight excluding hydrogens is 352 g/mol. The maximum atomic E-state index is 12.7. The average molecular weight is 389 g/mol. The summed E-state index contributed by atoms with van der Waals surface area (Å²) in [6.45, 7) is 14.7. The van der Waals surface area contributed by atoms with E-state index < -0.39 is 5.60 Å². The number of hydrogen-bond acceptors (Lipinski definition) is 3. The molecule has 2 rings (SSSR count). The molecule has 1 amide bonds. The Bertz CT molecular complexity index is 725. The molecule has 6 heteroatoms. The first-order valence-electron chi connectivity index (χ1n) is 10.0. The van der Waals surface area contributed by atoms with E-state index in [-0.39, 0.29) is 17.7 Å². The van der Waals surface area contributed by atoms with Gasteiger partial charge in [-0.3, -0.25) is 9.89 Å². The van der Waals surface area contributed by atoms with Crippen LogP contribution in [0.3, 0.4) is 0 Å². The van der Waals surface area contributed by atoms with Crippen molar-refractivity contribution in [3.8, 4) is 0 Å². The lowest BCUT2D eigenvalue weighted by atomic mass is 10.1. The maximum absolute atomic E-state index is 12.7. The minimum absolute atomic E-state index is 0.0558. The molecule has 0 saturated heterocycles. The lowest BCUT2D eigenvalue weighted by molar-refractivity contribution is 0.0577. The minimum Gasteiger partial charge on any atom is -0.443 e. The zero-order valence-electron chi connectivity index (χ0n) is 18.6. The van der Waals surface area contributed by atoms with E-state index in [1.807, 2.05) is 38.7 Å². The molecule has 1 aromatic carbocycles. The molecule has 0 bridgehead atoms. The van der Waals surface area contributed by atoms with Gasteiger partial charge in [0.25, 0.3) is 0 Å². The van der Waals surface area contributed by atoms with Gasteiger partial charge in [-0.15, -0.1) is 0 Å². The second-order valence-corrected chi connectivity index (χ2v) is 9.50. The van der Waals surface area contributed by atoms with Gasteiger partial charge in [-0.05, 0) is 78.5 Å². The van der Waals surface area contributed by atoms with Gasteiger partial charge in [0.05, 0.1) is 5.69 Å². The van der Waals surface area contributed by atoms with E-state index in [0.29, 0.717) is 6.54 Å². The predicted molar refractivity (Wildman–Crippen MR) is 116 cm³/mol. The highest BCUT2D eigenvalue weighted by Crippen LogP contribution is 2.35. The van der Waals surface area contributed by atoms with Crippen LogP contribution in [-0.4, -0.2) is 36.3 Å². The Balaban J connectivity index is 2.11. The third-order valence-corrected chi connectivity index (χ3v) is 4.20. The molecule has 1 aliphatic carbocycles. The van der Waals surface area contributed by atoms with Gasteiger partial charge in [-0.2, -0.15) is 0 Å². The maximum Gasteiger partial charge on any atom is 0.415 e. The number of nitrogens with one attached hydrogen (secondary N) is 2. The summed E-state index contributed by atoms with van der Waals surface area (Å²) in [6, 6.07) is 6.44. The lowest BCUT2D eigenvalue weighted by Crippen LogP contribution is -2.47. The molecule has 0 radical (unpaired) electrons. The van der Waals surface area contributed by atoms with Crippen molar-refractivity contribution in [3.63, 3.8) is 0 Å². The first-order valence-corrected chi connectivity index (χ1v) is 10.0. The molecule has 2 N–H and O–H groups in total. The number of ether oxygens (including phenoxy) is 1. The van der Waals surface area contributed by atoms with Crippen LogP contribution < -0.4 is 15.5 Å². The second-order valence-electron chi connectivity index (χ2n) is 9.50. The highest BCUT2D eigenvalue weighted by molar-refractivity contribution is 5.90. The first kappa shape index (κ1) is 22.1. The summed E-state index contributed by atoms with van der Waals surface area (Å²) in [4.78, 5) is 18.8. The quantitative estimate of drug-likeness (QED) is 0.594. The molecule has 1 fully saturated rings. The number of rotatable bonds is 4. The Labute approximate surface area is 169 Å². The Morgan fingerprint density at radius 1 is 1.21 bits per heavy atom. The van der Waals surface area contributed by atoms with Crippen molar-refractivity contribution in [3.05, 3.63) is 29.3 Å². The molecule has 6 nitrogen and oxygen atoms in total. The Morgan fingerprint density at radius 3 is 2.32 bits per heavy atom. The van der Waals surface area contributed by atoms with Crippen LogP contribution in [0.5, 0.6) is 0 Å². The van der Waals surface area contributed by atoms with Crippen LogP contribution >= 0.6 is 0 Å². The molecule has 0 heterocycles. The van der Waals surface area contributed by atoms with E-state index in [0.717, 1.165) is 35.6 Å². The third kappa shape index (κ3) is 6.73. The first-order chi connectivity index (χ1) is 12.9. The summed E-state index contributed by atoms with van der Waals surface area (Å²) < 4.78 is 5.63. The van der Waals surface area contributed by atoms with E-state index in [1.54, 1.807) is 7.05 Å². The summed E-state index contributed by atoms with van der Waals surface area (Å²) in [5.74, 6) is 0.766. The molecular formula is C22H36N4O2. The van der Waals surface area contributed by atoms with Gasteiger partial charge in [0, 0.05) is 25.2 Å². The largest absolute Gasteiger partial charge is 0.443 e. The van der Waals surface area contributed by atoms with Crippen molar-refractivity contribution in [2.45, 2.75) is 85.0 Å². The Morgan fingerprint density at radius 2 is 1.86 bits per heavy atom. The van der Waals surface area contributed by atoms with Gasteiger partial charge in [0.2, 0.25) is 0 Å². The fraction of sp³-hybridized carbons (Fsp3) is 0.636. The number of benzene rings is 1. The molecule has 1 saturated carbocycles. The van der Waals surface area contributed by atoms with Crippen molar-refractivity contribution in [2.24, 2.45) is 4.99 Å². The molecule has 1 aromatic rings. The van der Waals surface area contributed by atoms with Crippen LogP contribution in [0.15, 0.2) is 23.2 Å². The Kier molecular flexibility index (Phi) is 6.63. The summed E-state index contributed by atoms with van der Waals surface area (Å²) in [7, 11) is 1.77. The molecule has 0 unspecified atom stereocenters. The number of hydrogen-bond donors (Lipinski definition) is 2. The molecule has 0 spiro atoms. The van der Waals surface area contributed by atoms with E-state index in [1.165, 1.54) is 0 Å². The van der Waals surface area contributed by atoms with E-state index in [4.69, 9.17) is 4.74 Å². The van der Waals surface area contributed by atoms with Crippen LogP contribution in [0.25, 0.3) is 0 Å². The number of carbonyl (C=O) groups excluding carboxylic acids is 1. The highest BCUT2D eigenvalue weighted by atomic mass is 16.6. The standard InChI is InChI=1S/C22H36N4O2/c1-15-13-16(14-24-19(23-8)25-21(2,3)4)9-12-18(15)26(17-10-11-17)20(27)28-22(5,6)7/h9,12-13,17H,10-11,14H2,1-8H3,(H2,23,24,25). The molecule has 0 aromatic heterocycles. The third-order valence-electron chi connectivity index (χ3n) is 4.20. The van der Waals surface area contributed by atoms with Gasteiger partial charge >= 0.3 is 6.09 Å². The number of carbonyl (C=O) groups is 1. The van der Waals surface area contributed by atoms with E-state index in [9.17, 15) is 4.79 Å². The predicted octanol–water partition coefficient (Wildman–Crippen LogP) is 4.36. The summed E-state index contributed by atoms with van der Waals surface area (Å²) in [5, 5.41) is 6.69. The number of aryl methyl sites for hydroxylation is 1. The van der Waals surface area contributed by atoms with Gasteiger partial charge < -0.3 is 15.4 Å². The lowest BCUT2D eigenvalue weighted by Gasteiger charge is -2.28. The number of amides is 1. The van der Waals surface area contributed by atoms with Gasteiger partial charge in [0.1, 0.15) is 5.60 Å². The highest BCUT2D eigenvalue weighted by Gasteiger charge is 2.37. The van der Waals surface area contributed by atoms with Crippen LogP contribution in [0.2, 0.25) is 0 Å². The Hall–Kier alpha value is -2.24. The molecule has 28 heavy (non-hydrogen) atoms. The number of anilines is 1. The SMILES string of the molecule is CN=C(NCc1ccc(N(C(=O)OC(C)(C)C)C2CC2)c(C)c1)NC(C)(C)C. The number of guanidine groups is 1. The fourth-order valence-electron chi connectivity index (χ4n) is 2.91. The zero-order chi connectivity index (χ0) is 21.1.